The van der Waals surface area contributed by atoms with Gasteiger partial charge in [-0.05, 0) is 31.0 Å². The fourth-order valence-electron chi connectivity index (χ4n) is 4.40. The van der Waals surface area contributed by atoms with Gasteiger partial charge in [0.25, 0.3) is 5.91 Å². The maximum absolute atomic E-state index is 13.3. The zero-order chi connectivity index (χ0) is 25.5. The summed E-state index contributed by atoms with van der Waals surface area (Å²) in [6.07, 6.45) is -0.140. The third-order valence-electron chi connectivity index (χ3n) is 6.46. The highest BCUT2D eigenvalue weighted by molar-refractivity contribution is 5.98. The lowest BCUT2D eigenvalue weighted by Gasteiger charge is -2.36. The van der Waals surface area contributed by atoms with E-state index in [1.165, 1.54) is 6.92 Å². The molecule has 0 bridgehead atoms. The highest BCUT2D eigenvalue weighted by Crippen LogP contribution is 2.28. The van der Waals surface area contributed by atoms with Crippen LogP contribution in [0.4, 0.5) is 5.69 Å². The summed E-state index contributed by atoms with van der Waals surface area (Å²) in [5.41, 5.74) is 2.13. The highest BCUT2D eigenvalue weighted by atomic mass is 16.5. The van der Waals surface area contributed by atoms with E-state index >= 15 is 0 Å². The number of anilines is 1. The number of benzene rings is 2. The smallest absolute Gasteiger partial charge is 0.257 e. The number of nitrogens with zero attached hydrogens (tertiary/aromatic N) is 2. The van der Waals surface area contributed by atoms with Crippen molar-refractivity contribution in [1.29, 1.82) is 0 Å². The van der Waals surface area contributed by atoms with Crippen LogP contribution < -0.4 is 14.8 Å². The molecule has 3 rings (SSSR count). The van der Waals surface area contributed by atoms with Crippen LogP contribution in [0, 0.1) is 5.92 Å². The summed E-state index contributed by atoms with van der Waals surface area (Å²) < 4.78 is 17.6. The van der Waals surface area contributed by atoms with Crippen molar-refractivity contribution in [1.82, 2.24) is 9.80 Å². The van der Waals surface area contributed by atoms with Crippen LogP contribution in [0.5, 0.6) is 11.5 Å². The molecule has 0 aromatic heterocycles. The number of carbonyl (C=O) groups excluding carboxylic acids is 2. The zero-order valence-corrected chi connectivity index (χ0v) is 21.5. The second kappa shape index (κ2) is 12.0. The number of rotatable bonds is 5. The number of hydrogen-bond acceptors (Lipinski definition) is 6. The lowest BCUT2D eigenvalue weighted by molar-refractivity contribution is -0.114. The molecule has 2 aromatic carbocycles. The number of ether oxygens (including phenoxy) is 3. The van der Waals surface area contributed by atoms with E-state index in [-0.39, 0.29) is 29.9 Å². The van der Waals surface area contributed by atoms with Gasteiger partial charge >= 0.3 is 0 Å². The van der Waals surface area contributed by atoms with Crippen molar-refractivity contribution in [2.45, 2.75) is 39.5 Å². The highest BCUT2D eigenvalue weighted by Gasteiger charge is 2.28. The van der Waals surface area contributed by atoms with Crippen LogP contribution in [-0.2, 0) is 16.1 Å². The molecule has 1 aliphatic rings. The van der Waals surface area contributed by atoms with Gasteiger partial charge in [0.1, 0.15) is 18.1 Å². The molecule has 8 heteroatoms. The predicted molar refractivity (Wildman–Crippen MR) is 136 cm³/mol. The van der Waals surface area contributed by atoms with Gasteiger partial charge in [-0.15, -0.1) is 0 Å². The summed E-state index contributed by atoms with van der Waals surface area (Å²) in [7, 11) is 5.14. The van der Waals surface area contributed by atoms with Gasteiger partial charge in [-0.25, -0.2) is 0 Å². The number of hydrogen-bond donors (Lipinski definition) is 1. The van der Waals surface area contributed by atoms with E-state index < -0.39 is 0 Å². The summed E-state index contributed by atoms with van der Waals surface area (Å²) in [6, 6.07) is 13.2. The van der Waals surface area contributed by atoms with Gasteiger partial charge in [0.15, 0.2) is 0 Å². The third-order valence-corrected chi connectivity index (χ3v) is 6.46. The van der Waals surface area contributed by atoms with Crippen molar-refractivity contribution in [3.63, 3.8) is 0 Å². The van der Waals surface area contributed by atoms with E-state index in [9.17, 15) is 9.59 Å². The molecule has 0 spiro atoms. The van der Waals surface area contributed by atoms with E-state index in [1.54, 1.807) is 44.4 Å². The van der Waals surface area contributed by atoms with Gasteiger partial charge in [0.2, 0.25) is 5.91 Å². The van der Waals surface area contributed by atoms with Crippen LogP contribution in [-0.4, -0.2) is 74.7 Å². The van der Waals surface area contributed by atoms with Crippen molar-refractivity contribution in [2.24, 2.45) is 5.92 Å². The van der Waals surface area contributed by atoms with Crippen molar-refractivity contribution in [2.75, 3.05) is 46.3 Å². The molecule has 1 N–H and O–H groups in total. The Morgan fingerprint density at radius 1 is 1.14 bits per heavy atom. The van der Waals surface area contributed by atoms with Gasteiger partial charge in [-0.2, -0.15) is 0 Å². The summed E-state index contributed by atoms with van der Waals surface area (Å²) in [5, 5.41) is 2.77. The minimum absolute atomic E-state index is 0.0319. The van der Waals surface area contributed by atoms with Gasteiger partial charge in [-0.3, -0.25) is 14.5 Å². The summed E-state index contributed by atoms with van der Waals surface area (Å²) in [5.74, 6) is 1.11. The van der Waals surface area contributed by atoms with E-state index in [0.717, 1.165) is 17.9 Å². The van der Waals surface area contributed by atoms with E-state index in [1.807, 2.05) is 18.2 Å². The van der Waals surface area contributed by atoms with Crippen molar-refractivity contribution >= 4 is 17.5 Å². The molecule has 0 saturated heterocycles. The van der Waals surface area contributed by atoms with Crippen LogP contribution >= 0.6 is 0 Å². The second-order valence-corrected chi connectivity index (χ2v) is 9.23. The molecule has 2 aromatic rings. The largest absolute Gasteiger partial charge is 0.496 e. The molecule has 0 fully saturated rings. The minimum Gasteiger partial charge on any atom is -0.496 e. The van der Waals surface area contributed by atoms with Crippen LogP contribution in [0.15, 0.2) is 42.5 Å². The van der Waals surface area contributed by atoms with E-state index in [2.05, 4.69) is 30.1 Å². The third kappa shape index (κ3) is 6.74. The Morgan fingerprint density at radius 2 is 1.89 bits per heavy atom. The van der Waals surface area contributed by atoms with E-state index in [0.29, 0.717) is 36.7 Å². The molecule has 0 unspecified atom stereocenters. The number of fused-ring (bicyclic) bond motifs is 1. The SMILES string of the molecule is COc1ccccc1CN1C[C@H](C)[C@@H](OC)CN(C)C(=O)c2ccc(NC(C)=O)cc2OC[C@@H]1C. The molecule has 0 aliphatic carbocycles. The summed E-state index contributed by atoms with van der Waals surface area (Å²) >= 11 is 0. The van der Waals surface area contributed by atoms with Crippen molar-refractivity contribution in [3.05, 3.63) is 53.6 Å². The van der Waals surface area contributed by atoms with Crippen LogP contribution in [0.2, 0.25) is 0 Å². The van der Waals surface area contributed by atoms with Gasteiger partial charge < -0.3 is 24.4 Å². The Labute approximate surface area is 208 Å². The number of amides is 2. The van der Waals surface area contributed by atoms with Crippen molar-refractivity contribution < 1.29 is 23.8 Å². The molecule has 0 radical (unpaired) electrons. The Hall–Kier alpha value is -3.10. The quantitative estimate of drug-likeness (QED) is 0.699. The fraction of sp³-hybridized carbons (Fsp3) is 0.481. The molecule has 8 nitrogen and oxygen atoms in total. The molecule has 3 atom stereocenters. The normalized spacial score (nSPS) is 21.8. The maximum Gasteiger partial charge on any atom is 0.257 e. The Bertz CT molecular complexity index is 1030. The molecule has 1 heterocycles. The maximum atomic E-state index is 13.3. The number of likely N-dealkylation sites (N-methyl/N-ethyl adjacent to an activating group) is 1. The first-order valence-electron chi connectivity index (χ1n) is 11.9. The monoisotopic (exact) mass is 483 g/mol. The minimum atomic E-state index is -0.185. The molecule has 0 saturated carbocycles. The van der Waals surface area contributed by atoms with Gasteiger partial charge in [-0.1, -0.05) is 25.1 Å². The van der Waals surface area contributed by atoms with Gasteiger partial charge in [0, 0.05) is 64.1 Å². The molecule has 35 heavy (non-hydrogen) atoms. The summed E-state index contributed by atoms with van der Waals surface area (Å²) in [6.45, 7) is 7.96. The predicted octanol–water partition coefficient (Wildman–Crippen LogP) is 3.66. The molecular formula is C27H37N3O5. The number of methoxy groups -OCH3 is 2. The van der Waals surface area contributed by atoms with Gasteiger partial charge in [0.05, 0.1) is 18.8 Å². The average Bonchev–Trinajstić information content (AvgIpc) is 2.84. The topological polar surface area (TPSA) is 80.3 Å². The first-order valence-corrected chi connectivity index (χ1v) is 11.9. The van der Waals surface area contributed by atoms with Crippen LogP contribution in [0.1, 0.15) is 36.7 Å². The average molecular weight is 484 g/mol. The second-order valence-electron chi connectivity index (χ2n) is 9.23. The first-order chi connectivity index (χ1) is 16.7. The number of carbonyl (C=O) groups is 2. The Kier molecular flexibility index (Phi) is 9.12. The Morgan fingerprint density at radius 3 is 2.57 bits per heavy atom. The number of para-hydroxylation sites is 1. The molecular weight excluding hydrogens is 446 g/mol. The van der Waals surface area contributed by atoms with Crippen molar-refractivity contribution in [3.8, 4) is 11.5 Å². The summed E-state index contributed by atoms with van der Waals surface area (Å²) in [4.78, 5) is 28.9. The lowest BCUT2D eigenvalue weighted by atomic mass is 10.0. The standard InChI is InChI=1S/C27H37N3O5/c1-18-14-30(15-21-9-7-8-10-24(21)33-5)19(2)17-35-25-13-22(28-20(3)31)11-12-23(25)27(32)29(4)16-26(18)34-6/h7-13,18-19,26H,14-17H2,1-6H3,(H,28,31)/t18-,19-,26-/m0/s1. The van der Waals surface area contributed by atoms with E-state index in [4.69, 9.17) is 14.2 Å². The lowest BCUT2D eigenvalue weighted by Crippen LogP contribution is -2.46. The molecule has 190 valence electrons. The zero-order valence-electron chi connectivity index (χ0n) is 21.5. The Balaban J connectivity index is 1.97. The van der Waals surface area contributed by atoms with Crippen LogP contribution in [0.3, 0.4) is 0 Å². The molecule has 1 aliphatic heterocycles. The first kappa shape index (κ1) is 26.5. The fourth-order valence-corrected chi connectivity index (χ4v) is 4.40. The number of nitrogens with one attached hydrogen (secondary N) is 1. The molecule has 2 amide bonds. The van der Waals surface area contributed by atoms with Crippen LogP contribution in [0.25, 0.3) is 0 Å².